The summed E-state index contributed by atoms with van der Waals surface area (Å²) in [5.41, 5.74) is 0.122. The molecule has 0 bridgehead atoms. The number of piperidine rings is 1. The monoisotopic (exact) mass is 345 g/mol. The number of hydrogen-bond acceptors (Lipinski definition) is 2. The highest BCUT2D eigenvalue weighted by atomic mass is 19.1. The van der Waals surface area contributed by atoms with Crippen molar-refractivity contribution in [3.8, 4) is 0 Å². The van der Waals surface area contributed by atoms with E-state index in [2.05, 4.69) is 0 Å². The van der Waals surface area contributed by atoms with Gasteiger partial charge in [0.05, 0.1) is 11.3 Å². The van der Waals surface area contributed by atoms with Crippen LogP contribution in [0.2, 0.25) is 0 Å². The van der Waals surface area contributed by atoms with Crippen LogP contribution in [0, 0.1) is 17.2 Å². The molecule has 25 heavy (non-hydrogen) atoms. The molecule has 4 rings (SSSR count). The van der Waals surface area contributed by atoms with Crippen molar-refractivity contribution in [3.63, 3.8) is 0 Å². The van der Waals surface area contributed by atoms with Gasteiger partial charge in [-0.15, -0.1) is 0 Å². The number of carboxylic acid groups (broad SMARTS) is 1. The molecule has 5 heteroatoms. The lowest BCUT2D eigenvalue weighted by Crippen LogP contribution is -2.49. The Balaban J connectivity index is 1.52. The molecule has 2 saturated carbocycles. The number of likely N-dealkylation sites (tertiary alicyclic amines) is 1. The summed E-state index contributed by atoms with van der Waals surface area (Å²) in [7, 11) is 0. The molecule has 1 N–H and O–H groups in total. The first-order valence-corrected chi connectivity index (χ1v) is 9.25. The van der Waals surface area contributed by atoms with Crippen molar-refractivity contribution in [2.75, 3.05) is 13.1 Å². The second-order valence-electron chi connectivity index (χ2n) is 8.05. The second kappa shape index (κ2) is 5.82. The van der Waals surface area contributed by atoms with Crippen LogP contribution in [0.3, 0.4) is 0 Å². The lowest BCUT2D eigenvalue weighted by molar-refractivity contribution is -0.140. The van der Waals surface area contributed by atoms with E-state index in [1.54, 1.807) is 6.07 Å². The maximum atomic E-state index is 13.7. The molecule has 1 spiro atoms. The van der Waals surface area contributed by atoms with E-state index in [1.807, 2.05) is 11.0 Å². The summed E-state index contributed by atoms with van der Waals surface area (Å²) in [5.74, 6) is -1.12. The first-order valence-electron chi connectivity index (χ1n) is 9.25. The summed E-state index contributed by atoms with van der Waals surface area (Å²) in [5, 5.41) is 9.22. The first-order chi connectivity index (χ1) is 12.0. The molecule has 0 radical (unpaired) electrons. The van der Waals surface area contributed by atoms with Crippen molar-refractivity contribution in [3.05, 3.63) is 35.6 Å². The van der Waals surface area contributed by atoms with Crippen LogP contribution in [-0.4, -0.2) is 35.0 Å². The summed E-state index contributed by atoms with van der Waals surface area (Å²) >= 11 is 0. The van der Waals surface area contributed by atoms with E-state index in [4.69, 9.17) is 0 Å². The molecule has 1 saturated heterocycles. The molecule has 0 aromatic heterocycles. The number of aliphatic carboxylic acids is 1. The number of carboxylic acids is 1. The summed E-state index contributed by atoms with van der Waals surface area (Å²) in [6, 6.07) is 6.49. The van der Waals surface area contributed by atoms with E-state index in [-0.39, 0.29) is 23.1 Å². The Morgan fingerprint density at radius 3 is 2.36 bits per heavy atom. The van der Waals surface area contributed by atoms with Crippen LogP contribution in [-0.2, 0) is 15.0 Å². The predicted molar refractivity (Wildman–Crippen MR) is 90.5 cm³/mol. The molecule has 134 valence electrons. The van der Waals surface area contributed by atoms with E-state index in [0.717, 1.165) is 50.5 Å². The van der Waals surface area contributed by atoms with Gasteiger partial charge in [-0.3, -0.25) is 9.59 Å². The zero-order valence-electron chi connectivity index (χ0n) is 14.3. The summed E-state index contributed by atoms with van der Waals surface area (Å²) in [4.78, 5) is 26.5. The molecule has 2 aliphatic carbocycles. The Kier molecular flexibility index (Phi) is 3.85. The molecule has 1 heterocycles. The molecule has 1 aliphatic heterocycles. The average Bonchev–Trinajstić information content (AvgIpc) is 3.08. The number of amides is 1. The van der Waals surface area contributed by atoms with E-state index in [1.165, 1.54) is 12.1 Å². The number of benzene rings is 1. The van der Waals surface area contributed by atoms with Gasteiger partial charge >= 0.3 is 5.97 Å². The quantitative estimate of drug-likeness (QED) is 0.914. The standard InChI is InChI=1S/C20H24FNO3/c21-15-5-3-4-14(12-15)20(6-1-2-7-20)18(25)22-10-8-19(9-11-22)13-16(19)17(23)24/h3-5,12,16H,1-2,6-11,13H2,(H,23,24). The van der Waals surface area contributed by atoms with Gasteiger partial charge < -0.3 is 10.0 Å². The van der Waals surface area contributed by atoms with Gasteiger partial charge in [0.15, 0.2) is 0 Å². The van der Waals surface area contributed by atoms with Crippen LogP contribution < -0.4 is 0 Å². The summed E-state index contributed by atoms with van der Waals surface area (Å²) in [6.45, 7) is 1.25. The highest BCUT2D eigenvalue weighted by Gasteiger charge is 2.59. The molecule has 1 amide bonds. The van der Waals surface area contributed by atoms with Gasteiger partial charge in [0, 0.05) is 13.1 Å². The Morgan fingerprint density at radius 2 is 1.80 bits per heavy atom. The topological polar surface area (TPSA) is 57.6 Å². The fourth-order valence-electron chi connectivity index (χ4n) is 5.10. The molecule has 1 aromatic rings. The third-order valence-corrected chi connectivity index (χ3v) is 6.78. The normalized spacial score (nSPS) is 26.6. The lowest BCUT2D eigenvalue weighted by Gasteiger charge is -2.39. The minimum Gasteiger partial charge on any atom is -0.481 e. The van der Waals surface area contributed by atoms with Crippen LogP contribution >= 0.6 is 0 Å². The van der Waals surface area contributed by atoms with Crippen molar-refractivity contribution >= 4 is 11.9 Å². The molecule has 1 atom stereocenters. The molecule has 3 aliphatic rings. The minimum atomic E-state index is -0.702. The second-order valence-corrected chi connectivity index (χ2v) is 8.05. The van der Waals surface area contributed by atoms with Crippen molar-refractivity contribution in [2.45, 2.75) is 50.4 Å². The van der Waals surface area contributed by atoms with Crippen LogP contribution in [0.4, 0.5) is 4.39 Å². The van der Waals surface area contributed by atoms with Crippen LogP contribution in [0.1, 0.15) is 50.5 Å². The van der Waals surface area contributed by atoms with Gasteiger partial charge in [-0.2, -0.15) is 0 Å². The maximum Gasteiger partial charge on any atom is 0.307 e. The number of carbonyl (C=O) groups is 2. The highest BCUT2D eigenvalue weighted by Crippen LogP contribution is 2.59. The molecule has 1 aromatic carbocycles. The SMILES string of the molecule is O=C(O)C1CC12CCN(C(=O)C1(c3cccc(F)c3)CCCC1)CC2. The number of nitrogens with zero attached hydrogens (tertiary/aromatic N) is 1. The Bertz CT molecular complexity index is 703. The summed E-state index contributed by atoms with van der Waals surface area (Å²) in [6.07, 6.45) is 5.81. The fourth-order valence-corrected chi connectivity index (χ4v) is 5.10. The number of rotatable bonds is 3. The zero-order chi connectivity index (χ0) is 17.7. The van der Waals surface area contributed by atoms with Gasteiger partial charge in [-0.1, -0.05) is 25.0 Å². The van der Waals surface area contributed by atoms with Crippen molar-refractivity contribution in [1.29, 1.82) is 0 Å². The fraction of sp³-hybridized carbons (Fsp3) is 0.600. The van der Waals surface area contributed by atoms with Gasteiger partial charge in [-0.05, 0) is 55.2 Å². The van der Waals surface area contributed by atoms with Gasteiger partial charge in [0.2, 0.25) is 5.91 Å². The number of carbonyl (C=O) groups excluding carboxylic acids is 1. The molecular formula is C20H24FNO3. The van der Waals surface area contributed by atoms with E-state index < -0.39 is 11.4 Å². The third-order valence-electron chi connectivity index (χ3n) is 6.78. The first kappa shape index (κ1) is 16.6. The lowest BCUT2D eigenvalue weighted by atomic mass is 9.76. The molecule has 1 unspecified atom stereocenters. The van der Waals surface area contributed by atoms with Crippen LogP contribution in [0.15, 0.2) is 24.3 Å². The van der Waals surface area contributed by atoms with E-state index >= 15 is 0 Å². The van der Waals surface area contributed by atoms with Crippen molar-refractivity contribution in [2.24, 2.45) is 11.3 Å². The van der Waals surface area contributed by atoms with Gasteiger partial charge in [-0.25, -0.2) is 4.39 Å². The van der Waals surface area contributed by atoms with Crippen LogP contribution in [0.25, 0.3) is 0 Å². The third kappa shape index (κ3) is 2.64. The predicted octanol–water partition coefficient (Wildman–Crippen LogP) is 3.35. The van der Waals surface area contributed by atoms with Gasteiger partial charge in [0.1, 0.15) is 5.82 Å². The molecule has 4 nitrogen and oxygen atoms in total. The zero-order valence-corrected chi connectivity index (χ0v) is 14.3. The Hall–Kier alpha value is -1.91. The van der Waals surface area contributed by atoms with E-state index in [9.17, 15) is 19.1 Å². The van der Waals surface area contributed by atoms with Gasteiger partial charge in [0.25, 0.3) is 0 Å². The number of halogens is 1. The highest BCUT2D eigenvalue weighted by molar-refractivity contribution is 5.89. The van der Waals surface area contributed by atoms with Crippen molar-refractivity contribution in [1.82, 2.24) is 4.90 Å². The smallest absolute Gasteiger partial charge is 0.307 e. The number of hydrogen-bond donors (Lipinski definition) is 1. The molecular weight excluding hydrogens is 321 g/mol. The Morgan fingerprint density at radius 1 is 1.12 bits per heavy atom. The van der Waals surface area contributed by atoms with Crippen molar-refractivity contribution < 1.29 is 19.1 Å². The maximum absolute atomic E-state index is 13.7. The minimum absolute atomic E-state index is 0.0791. The largest absolute Gasteiger partial charge is 0.481 e. The summed E-state index contributed by atoms with van der Waals surface area (Å²) < 4.78 is 13.7. The van der Waals surface area contributed by atoms with Crippen LogP contribution in [0.5, 0.6) is 0 Å². The average molecular weight is 345 g/mol. The van der Waals surface area contributed by atoms with E-state index in [0.29, 0.717) is 13.1 Å². The Labute approximate surface area is 147 Å². The molecule has 3 fully saturated rings.